The minimum atomic E-state index is -0.706. The normalized spacial score (nSPS) is 12.2. The van der Waals surface area contributed by atoms with Crippen LogP contribution in [0.5, 0.6) is 0 Å². The van der Waals surface area contributed by atoms with Gasteiger partial charge in [0.2, 0.25) is 0 Å². The van der Waals surface area contributed by atoms with Gasteiger partial charge in [-0.1, -0.05) is 13.3 Å². The number of rotatable bonds is 4. The molecular weight excluding hydrogens is 212 g/mol. The van der Waals surface area contributed by atoms with Crippen LogP contribution in [-0.2, 0) is 0 Å². The van der Waals surface area contributed by atoms with Gasteiger partial charge in [0.15, 0.2) is 0 Å². The average molecular weight is 227 g/mol. The number of nitrogens with one attached hydrogen (secondary N) is 1. The summed E-state index contributed by atoms with van der Waals surface area (Å²) in [6, 6.07) is 2.81. The molecule has 1 aromatic rings. The Morgan fingerprint density at radius 3 is 2.75 bits per heavy atom. The van der Waals surface area contributed by atoms with Gasteiger partial charge < -0.3 is 5.32 Å². The van der Waals surface area contributed by atoms with Gasteiger partial charge in [-0.15, -0.1) is 0 Å². The van der Waals surface area contributed by atoms with Crippen LogP contribution in [0.2, 0.25) is 0 Å². The van der Waals surface area contributed by atoms with Crippen LogP contribution in [0.25, 0.3) is 0 Å². The van der Waals surface area contributed by atoms with E-state index < -0.39 is 17.5 Å². The van der Waals surface area contributed by atoms with Crippen LogP contribution in [0, 0.1) is 11.6 Å². The molecule has 1 atom stereocenters. The second kappa shape index (κ2) is 5.58. The van der Waals surface area contributed by atoms with Gasteiger partial charge in [0.05, 0.1) is 5.56 Å². The van der Waals surface area contributed by atoms with Crippen molar-refractivity contribution in [3.05, 3.63) is 35.4 Å². The highest BCUT2D eigenvalue weighted by atomic mass is 19.1. The molecule has 0 aromatic heterocycles. The van der Waals surface area contributed by atoms with E-state index in [4.69, 9.17) is 0 Å². The van der Waals surface area contributed by atoms with Crippen molar-refractivity contribution in [3.8, 4) is 0 Å². The lowest BCUT2D eigenvalue weighted by Crippen LogP contribution is -2.33. The molecule has 0 unspecified atom stereocenters. The summed E-state index contributed by atoms with van der Waals surface area (Å²) in [7, 11) is 0. The molecule has 0 fully saturated rings. The van der Waals surface area contributed by atoms with Gasteiger partial charge in [-0.05, 0) is 31.5 Å². The number of hydrogen-bond donors (Lipinski definition) is 1. The lowest BCUT2D eigenvalue weighted by molar-refractivity contribution is 0.0933. The van der Waals surface area contributed by atoms with Crippen LogP contribution in [0.15, 0.2) is 18.2 Å². The second-order valence-electron chi connectivity index (χ2n) is 3.79. The van der Waals surface area contributed by atoms with Gasteiger partial charge >= 0.3 is 0 Å². The Balaban J connectivity index is 2.76. The molecule has 0 saturated carbocycles. The summed E-state index contributed by atoms with van der Waals surface area (Å²) in [5, 5.41) is 2.62. The van der Waals surface area contributed by atoms with Crippen molar-refractivity contribution < 1.29 is 13.6 Å². The molecule has 0 aliphatic rings. The van der Waals surface area contributed by atoms with E-state index in [-0.39, 0.29) is 11.6 Å². The number of carbonyl (C=O) groups excluding carboxylic acids is 1. The zero-order valence-corrected chi connectivity index (χ0v) is 9.39. The molecular formula is C12H15F2NO. The molecule has 0 bridgehead atoms. The summed E-state index contributed by atoms with van der Waals surface area (Å²) in [5.41, 5.74) is -0.247. The van der Waals surface area contributed by atoms with E-state index in [1.165, 1.54) is 0 Å². The predicted octanol–water partition coefficient (Wildman–Crippen LogP) is 2.88. The van der Waals surface area contributed by atoms with Gasteiger partial charge in [0, 0.05) is 6.04 Å². The molecule has 0 radical (unpaired) electrons. The Morgan fingerprint density at radius 1 is 1.44 bits per heavy atom. The highest BCUT2D eigenvalue weighted by molar-refractivity contribution is 5.94. The highest BCUT2D eigenvalue weighted by Gasteiger charge is 2.14. The first-order valence-electron chi connectivity index (χ1n) is 5.30. The van der Waals surface area contributed by atoms with Crippen molar-refractivity contribution in [3.63, 3.8) is 0 Å². The van der Waals surface area contributed by atoms with E-state index in [1.54, 1.807) is 0 Å². The molecule has 1 rings (SSSR count). The van der Waals surface area contributed by atoms with Crippen molar-refractivity contribution in [1.29, 1.82) is 0 Å². The van der Waals surface area contributed by atoms with Crippen LogP contribution < -0.4 is 5.32 Å². The molecule has 0 saturated heterocycles. The minimum Gasteiger partial charge on any atom is -0.349 e. The molecule has 88 valence electrons. The Hall–Kier alpha value is -1.45. The molecule has 1 N–H and O–H groups in total. The highest BCUT2D eigenvalue weighted by Crippen LogP contribution is 2.10. The third-order valence-corrected chi connectivity index (χ3v) is 2.27. The quantitative estimate of drug-likeness (QED) is 0.841. The minimum absolute atomic E-state index is 0.0415. The first-order valence-corrected chi connectivity index (χ1v) is 5.30. The van der Waals surface area contributed by atoms with Crippen LogP contribution >= 0.6 is 0 Å². The lowest BCUT2D eigenvalue weighted by atomic mass is 10.1. The number of amides is 1. The first-order chi connectivity index (χ1) is 7.54. The van der Waals surface area contributed by atoms with Gasteiger partial charge in [0.1, 0.15) is 11.6 Å². The summed E-state index contributed by atoms with van der Waals surface area (Å²) in [5.74, 6) is -1.89. The Bertz CT molecular complexity index is 379. The summed E-state index contributed by atoms with van der Waals surface area (Å²) in [6.45, 7) is 3.82. The maximum Gasteiger partial charge on any atom is 0.254 e. The van der Waals surface area contributed by atoms with Crippen LogP contribution in [0.1, 0.15) is 37.0 Å². The summed E-state index contributed by atoms with van der Waals surface area (Å²) in [4.78, 5) is 11.6. The monoisotopic (exact) mass is 227 g/mol. The van der Waals surface area contributed by atoms with E-state index in [1.807, 2.05) is 13.8 Å². The van der Waals surface area contributed by atoms with E-state index >= 15 is 0 Å². The fourth-order valence-electron chi connectivity index (χ4n) is 1.48. The zero-order chi connectivity index (χ0) is 12.1. The van der Waals surface area contributed by atoms with E-state index in [0.717, 1.165) is 31.0 Å². The predicted molar refractivity (Wildman–Crippen MR) is 58.2 cm³/mol. The Kier molecular flexibility index (Phi) is 4.40. The van der Waals surface area contributed by atoms with E-state index in [0.29, 0.717) is 0 Å². The molecule has 0 aliphatic carbocycles. The number of hydrogen-bond acceptors (Lipinski definition) is 1. The van der Waals surface area contributed by atoms with Crippen LogP contribution in [0.4, 0.5) is 8.78 Å². The lowest BCUT2D eigenvalue weighted by Gasteiger charge is -2.12. The fourth-order valence-corrected chi connectivity index (χ4v) is 1.48. The zero-order valence-electron chi connectivity index (χ0n) is 9.39. The summed E-state index contributed by atoms with van der Waals surface area (Å²) < 4.78 is 26.1. The van der Waals surface area contributed by atoms with Crippen molar-refractivity contribution in [1.82, 2.24) is 5.32 Å². The first kappa shape index (κ1) is 12.6. The number of carbonyl (C=O) groups is 1. The number of halogens is 2. The fraction of sp³-hybridized carbons (Fsp3) is 0.417. The SMILES string of the molecule is CCC[C@H](C)NC(=O)c1cc(F)ccc1F. The van der Waals surface area contributed by atoms with Gasteiger partial charge in [-0.25, -0.2) is 8.78 Å². The van der Waals surface area contributed by atoms with Crippen LogP contribution in [-0.4, -0.2) is 11.9 Å². The molecule has 16 heavy (non-hydrogen) atoms. The van der Waals surface area contributed by atoms with Gasteiger partial charge in [-0.2, -0.15) is 0 Å². The standard InChI is InChI=1S/C12H15F2NO/c1-3-4-8(2)15-12(16)10-7-9(13)5-6-11(10)14/h5-8H,3-4H2,1-2H3,(H,15,16)/t8-/m0/s1. The second-order valence-corrected chi connectivity index (χ2v) is 3.79. The molecule has 0 spiro atoms. The van der Waals surface area contributed by atoms with Crippen molar-refractivity contribution in [2.45, 2.75) is 32.7 Å². The Labute approximate surface area is 93.7 Å². The third kappa shape index (κ3) is 3.29. The molecule has 1 aromatic carbocycles. The molecule has 0 aliphatic heterocycles. The van der Waals surface area contributed by atoms with Crippen molar-refractivity contribution in [2.24, 2.45) is 0 Å². The maximum atomic E-state index is 13.2. The number of benzene rings is 1. The smallest absolute Gasteiger partial charge is 0.254 e. The molecule has 1 amide bonds. The topological polar surface area (TPSA) is 29.1 Å². The Morgan fingerprint density at radius 2 is 2.12 bits per heavy atom. The maximum absolute atomic E-state index is 13.2. The molecule has 2 nitrogen and oxygen atoms in total. The summed E-state index contributed by atoms with van der Waals surface area (Å²) in [6.07, 6.45) is 1.73. The van der Waals surface area contributed by atoms with E-state index in [2.05, 4.69) is 5.32 Å². The largest absolute Gasteiger partial charge is 0.349 e. The van der Waals surface area contributed by atoms with Gasteiger partial charge in [0.25, 0.3) is 5.91 Å². The average Bonchev–Trinajstić information content (AvgIpc) is 2.21. The van der Waals surface area contributed by atoms with Crippen LogP contribution in [0.3, 0.4) is 0 Å². The third-order valence-electron chi connectivity index (χ3n) is 2.27. The molecule has 0 heterocycles. The molecule has 4 heteroatoms. The van der Waals surface area contributed by atoms with Crippen molar-refractivity contribution in [2.75, 3.05) is 0 Å². The van der Waals surface area contributed by atoms with E-state index in [9.17, 15) is 13.6 Å². The van der Waals surface area contributed by atoms with Crippen molar-refractivity contribution >= 4 is 5.91 Å². The van der Waals surface area contributed by atoms with Gasteiger partial charge in [-0.3, -0.25) is 4.79 Å². The summed E-state index contributed by atoms with van der Waals surface area (Å²) >= 11 is 0.